The van der Waals surface area contributed by atoms with E-state index in [0.29, 0.717) is 11.4 Å². The van der Waals surface area contributed by atoms with Crippen molar-refractivity contribution in [3.8, 4) is 5.75 Å². The first kappa shape index (κ1) is 15.1. The van der Waals surface area contributed by atoms with Gasteiger partial charge in [0.05, 0.1) is 12.8 Å². The summed E-state index contributed by atoms with van der Waals surface area (Å²) in [4.78, 5) is 28.6. The molecule has 2 fully saturated rings. The second kappa shape index (κ2) is 5.87. The summed E-state index contributed by atoms with van der Waals surface area (Å²) in [6.07, 6.45) is 0. The van der Waals surface area contributed by atoms with Crippen molar-refractivity contribution >= 4 is 29.4 Å². The van der Waals surface area contributed by atoms with Crippen molar-refractivity contribution in [3.05, 3.63) is 60.2 Å². The minimum Gasteiger partial charge on any atom is -0.497 e. The van der Waals surface area contributed by atoms with Crippen LogP contribution < -0.4 is 9.64 Å². The van der Waals surface area contributed by atoms with Gasteiger partial charge in [-0.1, -0.05) is 30.3 Å². The smallest absolute Gasteiger partial charge is 0.333 e. The summed E-state index contributed by atoms with van der Waals surface area (Å²) in [5.74, 6) is 1.24. The molecule has 0 N–H and O–H groups in total. The van der Waals surface area contributed by atoms with Crippen molar-refractivity contribution in [3.63, 3.8) is 0 Å². The monoisotopic (exact) mass is 340 g/mol. The van der Waals surface area contributed by atoms with E-state index in [4.69, 9.17) is 4.74 Å². The number of nitrogens with zero attached hydrogens (tertiary/aromatic N) is 2. The van der Waals surface area contributed by atoms with E-state index < -0.39 is 6.04 Å². The van der Waals surface area contributed by atoms with E-state index >= 15 is 0 Å². The minimum atomic E-state index is -0.394. The molecule has 24 heavy (non-hydrogen) atoms. The molecule has 2 heterocycles. The summed E-state index contributed by atoms with van der Waals surface area (Å²) in [5.41, 5.74) is 1.62. The highest BCUT2D eigenvalue weighted by atomic mass is 32.2. The van der Waals surface area contributed by atoms with Crippen molar-refractivity contribution in [2.24, 2.45) is 0 Å². The van der Waals surface area contributed by atoms with Gasteiger partial charge in [-0.25, -0.2) is 9.69 Å². The number of methoxy groups -OCH3 is 1. The fraction of sp³-hybridized carbons (Fsp3) is 0.222. The zero-order valence-corrected chi connectivity index (χ0v) is 13.9. The fourth-order valence-corrected chi connectivity index (χ4v) is 4.54. The van der Waals surface area contributed by atoms with E-state index in [0.717, 1.165) is 11.3 Å². The quantitative estimate of drug-likeness (QED) is 0.805. The van der Waals surface area contributed by atoms with Gasteiger partial charge in [0.2, 0.25) is 0 Å². The summed E-state index contributed by atoms with van der Waals surface area (Å²) in [7, 11) is 1.62. The van der Waals surface area contributed by atoms with E-state index in [-0.39, 0.29) is 17.3 Å². The van der Waals surface area contributed by atoms with E-state index in [1.54, 1.807) is 35.9 Å². The van der Waals surface area contributed by atoms with Crippen LogP contribution in [0.5, 0.6) is 5.75 Å². The molecule has 0 aliphatic carbocycles. The number of fused-ring (bicyclic) bond motifs is 1. The van der Waals surface area contributed by atoms with E-state index in [2.05, 4.69) is 0 Å². The highest BCUT2D eigenvalue weighted by molar-refractivity contribution is 7.99. The van der Waals surface area contributed by atoms with Gasteiger partial charge in [0.1, 0.15) is 17.2 Å². The first-order valence-electron chi connectivity index (χ1n) is 7.67. The number of benzene rings is 2. The second-order valence-corrected chi connectivity index (χ2v) is 6.79. The number of hydrogen-bond donors (Lipinski definition) is 0. The Morgan fingerprint density at radius 3 is 2.42 bits per heavy atom. The molecule has 2 saturated heterocycles. The molecular formula is C18H16N2O3S. The van der Waals surface area contributed by atoms with Crippen molar-refractivity contribution in [1.29, 1.82) is 0 Å². The van der Waals surface area contributed by atoms with Gasteiger partial charge in [-0.15, -0.1) is 11.8 Å². The molecule has 2 aliphatic heterocycles. The number of para-hydroxylation sites is 1. The van der Waals surface area contributed by atoms with Gasteiger partial charge < -0.3 is 4.74 Å². The molecule has 0 aromatic heterocycles. The lowest BCUT2D eigenvalue weighted by Gasteiger charge is -2.23. The maximum atomic E-state index is 12.9. The van der Waals surface area contributed by atoms with Gasteiger partial charge in [-0.3, -0.25) is 9.69 Å². The van der Waals surface area contributed by atoms with Gasteiger partial charge in [0, 0.05) is 5.75 Å². The van der Waals surface area contributed by atoms with Crippen LogP contribution in [-0.2, 0) is 4.79 Å². The van der Waals surface area contributed by atoms with Crippen LogP contribution in [0.1, 0.15) is 10.9 Å². The van der Waals surface area contributed by atoms with E-state index in [1.807, 2.05) is 42.5 Å². The molecule has 2 atom stereocenters. The Bertz CT molecular complexity index is 779. The van der Waals surface area contributed by atoms with Gasteiger partial charge in [-0.05, 0) is 29.8 Å². The Morgan fingerprint density at radius 2 is 1.75 bits per heavy atom. The fourth-order valence-electron chi connectivity index (χ4n) is 3.13. The molecule has 5 nitrogen and oxygen atoms in total. The highest BCUT2D eigenvalue weighted by Crippen LogP contribution is 2.46. The summed E-state index contributed by atoms with van der Waals surface area (Å²) >= 11 is 1.62. The number of carbonyl (C=O) groups excluding carboxylic acids is 2. The average molecular weight is 340 g/mol. The molecule has 2 aliphatic rings. The predicted molar refractivity (Wildman–Crippen MR) is 93.1 cm³/mol. The SMILES string of the molecule is COc1ccc(C2SCC3C(=O)N(c4ccccc4)C(=O)N32)cc1. The molecule has 0 bridgehead atoms. The number of urea groups is 1. The van der Waals surface area contributed by atoms with Crippen LogP contribution in [-0.4, -0.2) is 35.7 Å². The largest absolute Gasteiger partial charge is 0.497 e. The topological polar surface area (TPSA) is 49.9 Å². The van der Waals surface area contributed by atoms with Gasteiger partial charge in [0.25, 0.3) is 5.91 Å². The number of imide groups is 1. The molecule has 0 radical (unpaired) electrons. The van der Waals surface area contributed by atoms with Crippen LogP contribution in [0.2, 0.25) is 0 Å². The number of ether oxygens (including phenoxy) is 1. The Kier molecular flexibility index (Phi) is 3.69. The maximum absolute atomic E-state index is 12.9. The maximum Gasteiger partial charge on any atom is 0.333 e. The van der Waals surface area contributed by atoms with Crippen molar-refractivity contribution in [2.45, 2.75) is 11.4 Å². The average Bonchev–Trinajstić information content (AvgIpc) is 3.17. The Balaban J connectivity index is 1.65. The van der Waals surface area contributed by atoms with Gasteiger partial charge in [-0.2, -0.15) is 0 Å². The molecule has 122 valence electrons. The predicted octanol–water partition coefficient (Wildman–Crippen LogP) is 3.28. The standard InChI is InChI=1S/C18H16N2O3S/c1-23-14-9-7-12(8-10-14)17-20-15(11-24-17)16(21)19(18(20)22)13-5-3-2-4-6-13/h2-10,15,17H,11H2,1H3. The summed E-state index contributed by atoms with van der Waals surface area (Å²) in [6, 6.07) is 16.1. The molecule has 2 aromatic rings. The van der Waals surface area contributed by atoms with Gasteiger partial charge >= 0.3 is 6.03 Å². The van der Waals surface area contributed by atoms with Crippen molar-refractivity contribution < 1.29 is 14.3 Å². The van der Waals surface area contributed by atoms with Crippen LogP contribution in [0.15, 0.2) is 54.6 Å². The first-order chi connectivity index (χ1) is 11.7. The third-order valence-corrected chi connectivity index (χ3v) is 5.66. The minimum absolute atomic E-state index is 0.144. The third-order valence-electron chi connectivity index (χ3n) is 4.33. The van der Waals surface area contributed by atoms with E-state index in [9.17, 15) is 9.59 Å². The Hall–Kier alpha value is -2.47. The number of hydrogen-bond acceptors (Lipinski definition) is 4. The van der Waals surface area contributed by atoms with Crippen LogP contribution >= 0.6 is 11.8 Å². The van der Waals surface area contributed by atoms with Gasteiger partial charge in [0.15, 0.2) is 0 Å². The van der Waals surface area contributed by atoms with Crippen LogP contribution in [0.25, 0.3) is 0 Å². The molecular weight excluding hydrogens is 324 g/mol. The molecule has 4 rings (SSSR count). The summed E-state index contributed by atoms with van der Waals surface area (Å²) in [5, 5.41) is -0.147. The highest BCUT2D eigenvalue weighted by Gasteiger charge is 2.53. The zero-order chi connectivity index (χ0) is 16.7. The third kappa shape index (κ3) is 2.26. The van der Waals surface area contributed by atoms with Crippen LogP contribution in [0, 0.1) is 0 Å². The van der Waals surface area contributed by atoms with Crippen LogP contribution in [0.4, 0.5) is 10.5 Å². The Morgan fingerprint density at radius 1 is 1.04 bits per heavy atom. The Labute approximate surface area is 144 Å². The molecule has 6 heteroatoms. The molecule has 0 saturated carbocycles. The number of anilines is 1. The summed E-state index contributed by atoms with van der Waals surface area (Å²) < 4.78 is 5.18. The zero-order valence-electron chi connectivity index (χ0n) is 13.1. The normalized spacial score (nSPS) is 22.9. The lowest BCUT2D eigenvalue weighted by atomic mass is 10.2. The number of thioether (sulfide) groups is 1. The number of carbonyl (C=O) groups is 2. The van der Waals surface area contributed by atoms with Crippen molar-refractivity contribution in [1.82, 2.24) is 4.90 Å². The molecule has 2 unspecified atom stereocenters. The van der Waals surface area contributed by atoms with E-state index in [1.165, 1.54) is 4.90 Å². The van der Waals surface area contributed by atoms with Crippen molar-refractivity contribution in [2.75, 3.05) is 17.8 Å². The molecule has 2 aromatic carbocycles. The number of amides is 3. The lowest BCUT2D eigenvalue weighted by Crippen LogP contribution is -2.33. The number of rotatable bonds is 3. The summed E-state index contributed by atoms with van der Waals surface area (Å²) in [6.45, 7) is 0. The van der Waals surface area contributed by atoms with Crippen LogP contribution in [0.3, 0.4) is 0 Å². The lowest BCUT2D eigenvalue weighted by molar-refractivity contribution is -0.119. The second-order valence-electron chi connectivity index (χ2n) is 5.67. The molecule has 3 amide bonds. The first-order valence-corrected chi connectivity index (χ1v) is 8.72. The molecule has 0 spiro atoms.